The van der Waals surface area contributed by atoms with Gasteiger partial charge in [-0.2, -0.15) is 0 Å². The van der Waals surface area contributed by atoms with Crippen LogP contribution >= 0.6 is 0 Å². The molecule has 1 heterocycles. The van der Waals surface area contributed by atoms with Gasteiger partial charge in [-0.15, -0.1) is 0 Å². The Labute approximate surface area is 135 Å². The Morgan fingerprint density at radius 1 is 1.23 bits per heavy atom. The third-order valence-corrected chi connectivity index (χ3v) is 5.79. The summed E-state index contributed by atoms with van der Waals surface area (Å²) >= 11 is 0. The summed E-state index contributed by atoms with van der Waals surface area (Å²) in [5.74, 6) is 2.94. The zero-order valence-electron chi connectivity index (χ0n) is 14.4. The van der Waals surface area contributed by atoms with Crippen molar-refractivity contribution in [2.75, 3.05) is 39.9 Å². The molecule has 1 saturated heterocycles. The van der Waals surface area contributed by atoms with Crippen molar-refractivity contribution in [2.45, 2.75) is 51.9 Å². The lowest BCUT2D eigenvalue weighted by atomic mass is 9.96. The van der Waals surface area contributed by atoms with Gasteiger partial charge >= 0.3 is 0 Å². The molecule has 1 N–H and O–H groups in total. The Kier molecular flexibility index (Phi) is 5.27. The van der Waals surface area contributed by atoms with Crippen LogP contribution in [0.5, 0.6) is 0 Å². The fourth-order valence-corrected chi connectivity index (χ4v) is 3.77. The quantitative estimate of drug-likeness (QED) is 0.580. The molecule has 0 radical (unpaired) electrons. The van der Waals surface area contributed by atoms with Crippen molar-refractivity contribution in [2.24, 2.45) is 22.2 Å². The molecule has 3 fully saturated rings. The van der Waals surface area contributed by atoms with E-state index in [0.717, 1.165) is 50.6 Å². The van der Waals surface area contributed by atoms with Gasteiger partial charge in [0, 0.05) is 39.9 Å². The summed E-state index contributed by atoms with van der Waals surface area (Å²) in [6, 6.07) is 0. The minimum Gasteiger partial charge on any atom is -0.381 e. The topological polar surface area (TPSA) is 36.9 Å². The van der Waals surface area contributed by atoms with Gasteiger partial charge < -0.3 is 15.0 Å². The first-order valence-corrected chi connectivity index (χ1v) is 9.31. The Bertz CT molecular complexity index is 382. The van der Waals surface area contributed by atoms with Crippen LogP contribution in [0.15, 0.2) is 4.99 Å². The van der Waals surface area contributed by atoms with Crippen LogP contribution in [0.25, 0.3) is 0 Å². The maximum absolute atomic E-state index is 5.45. The van der Waals surface area contributed by atoms with Crippen LogP contribution in [0.3, 0.4) is 0 Å². The highest BCUT2D eigenvalue weighted by Gasteiger charge is 2.53. The summed E-state index contributed by atoms with van der Waals surface area (Å²) in [5, 5.41) is 3.48. The predicted molar refractivity (Wildman–Crippen MR) is 91.2 cm³/mol. The fourth-order valence-electron chi connectivity index (χ4n) is 3.77. The number of nitrogens with zero attached hydrogens (tertiary/aromatic N) is 2. The lowest BCUT2D eigenvalue weighted by molar-refractivity contribution is 0.0625. The first kappa shape index (κ1) is 16.1. The van der Waals surface area contributed by atoms with Crippen molar-refractivity contribution in [3.8, 4) is 0 Å². The largest absolute Gasteiger partial charge is 0.381 e. The third-order valence-electron chi connectivity index (χ3n) is 5.79. The van der Waals surface area contributed by atoms with Gasteiger partial charge in [-0.3, -0.25) is 4.99 Å². The van der Waals surface area contributed by atoms with Gasteiger partial charge in [0.25, 0.3) is 0 Å². The molecule has 3 aliphatic rings. The Balaban J connectivity index is 1.48. The summed E-state index contributed by atoms with van der Waals surface area (Å²) in [6.07, 6.45) is 9.44. The van der Waals surface area contributed by atoms with Crippen molar-refractivity contribution in [1.29, 1.82) is 0 Å². The highest BCUT2D eigenvalue weighted by Crippen LogP contribution is 2.61. The van der Waals surface area contributed by atoms with Crippen molar-refractivity contribution >= 4 is 5.96 Å². The monoisotopic (exact) mass is 307 g/mol. The number of rotatable bonds is 7. The van der Waals surface area contributed by atoms with Crippen LogP contribution in [0, 0.1) is 17.3 Å². The summed E-state index contributed by atoms with van der Waals surface area (Å²) in [7, 11) is 2.19. The lowest BCUT2D eigenvalue weighted by Gasteiger charge is -2.27. The smallest absolute Gasteiger partial charge is 0.193 e. The Morgan fingerprint density at radius 3 is 2.55 bits per heavy atom. The molecular weight excluding hydrogens is 274 g/mol. The number of guanidine groups is 1. The van der Waals surface area contributed by atoms with Crippen molar-refractivity contribution in [3.63, 3.8) is 0 Å². The van der Waals surface area contributed by atoms with Gasteiger partial charge in [0.1, 0.15) is 0 Å². The van der Waals surface area contributed by atoms with Gasteiger partial charge in [-0.1, -0.05) is 0 Å². The molecule has 4 nitrogen and oxygen atoms in total. The molecule has 0 atom stereocenters. The average Bonchev–Trinajstić information content (AvgIpc) is 3.42. The summed E-state index contributed by atoms with van der Waals surface area (Å²) in [4.78, 5) is 7.31. The number of aliphatic imine (C=N–C) groups is 1. The van der Waals surface area contributed by atoms with Crippen molar-refractivity contribution < 1.29 is 4.74 Å². The molecule has 0 unspecified atom stereocenters. The lowest BCUT2D eigenvalue weighted by Crippen LogP contribution is -2.40. The molecule has 1 aliphatic heterocycles. The van der Waals surface area contributed by atoms with Gasteiger partial charge in [0.15, 0.2) is 5.96 Å². The molecule has 126 valence electrons. The normalized spacial score (nSPS) is 25.1. The molecule has 2 saturated carbocycles. The fraction of sp³-hybridized carbons (Fsp3) is 0.944. The molecule has 0 spiro atoms. The molecule has 2 aliphatic carbocycles. The van der Waals surface area contributed by atoms with Gasteiger partial charge in [-0.25, -0.2) is 0 Å². The standard InChI is InChI=1S/C18H33N3O/c1-3-19-17(20-14-18(9-10-18)16-4-5-16)21(2)11-6-15-7-12-22-13-8-15/h15-16H,3-14H2,1-2H3,(H,19,20). The van der Waals surface area contributed by atoms with E-state index in [2.05, 4.69) is 24.2 Å². The first-order valence-electron chi connectivity index (χ1n) is 9.31. The van der Waals surface area contributed by atoms with E-state index in [1.165, 1.54) is 44.9 Å². The number of hydrogen-bond acceptors (Lipinski definition) is 2. The highest BCUT2D eigenvalue weighted by molar-refractivity contribution is 5.79. The Morgan fingerprint density at radius 2 is 1.95 bits per heavy atom. The number of hydrogen-bond donors (Lipinski definition) is 1. The minimum absolute atomic E-state index is 0.599. The number of nitrogens with one attached hydrogen (secondary N) is 1. The average molecular weight is 307 g/mol. The maximum Gasteiger partial charge on any atom is 0.193 e. The summed E-state index contributed by atoms with van der Waals surface area (Å²) in [6.45, 7) is 7.17. The summed E-state index contributed by atoms with van der Waals surface area (Å²) in [5.41, 5.74) is 0.599. The second-order valence-electron chi connectivity index (χ2n) is 7.57. The zero-order chi connectivity index (χ0) is 15.4. The van der Waals surface area contributed by atoms with Crippen molar-refractivity contribution in [1.82, 2.24) is 10.2 Å². The van der Waals surface area contributed by atoms with Crippen LogP contribution in [-0.2, 0) is 4.74 Å². The molecule has 0 bridgehead atoms. The molecule has 0 aromatic carbocycles. The maximum atomic E-state index is 5.45. The molecule has 0 aromatic rings. The third kappa shape index (κ3) is 4.15. The van der Waals surface area contributed by atoms with E-state index in [4.69, 9.17) is 9.73 Å². The van der Waals surface area contributed by atoms with E-state index >= 15 is 0 Å². The van der Waals surface area contributed by atoms with E-state index in [1.54, 1.807) is 0 Å². The molecule has 0 amide bonds. The Hall–Kier alpha value is -0.770. The van der Waals surface area contributed by atoms with Crippen LogP contribution < -0.4 is 5.32 Å². The van der Waals surface area contributed by atoms with E-state index in [-0.39, 0.29) is 0 Å². The summed E-state index contributed by atoms with van der Waals surface area (Å²) < 4.78 is 5.45. The van der Waals surface area contributed by atoms with Crippen LogP contribution in [-0.4, -0.2) is 50.8 Å². The molecule has 4 heteroatoms. The predicted octanol–water partition coefficient (Wildman–Crippen LogP) is 2.89. The van der Waals surface area contributed by atoms with Crippen LogP contribution in [0.1, 0.15) is 51.9 Å². The van der Waals surface area contributed by atoms with E-state index in [0.29, 0.717) is 5.41 Å². The van der Waals surface area contributed by atoms with E-state index in [1.807, 2.05) is 0 Å². The minimum atomic E-state index is 0.599. The molecule has 22 heavy (non-hydrogen) atoms. The second kappa shape index (κ2) is 7.20. The molecule has 3 rings (SSSR count). The SMILES string of the molecule is CCNC(=NCC1(C2CC2)CC1)N(C)CCC1CCOCC1. The van der Waals surface area contributed by atoms with Crippen molar-refractivity contribution in [3.05, 3.63) is 0 Å². The number of ether oxygens (including phenoxy) is 1. The second-order valence-corrected chi connectivity index (χ2v) is 7.57. The highest BCUT2D eigenvalue weighted by atomic mass is 16.5. The first-order chi connectivity index (χ1) is 10.7. The van der Waals surface area contributed by atoms with Crippen LogP contribution in [0.2, 0.25) is 0 Å². The van der Waals surface area contributed by atoms with E-state index < -0.39 is 0 Å². The van der Waals surface area contributed by atoms with E-state index in [9.17, 15) is 0 Å². The molecule has 0 aromatic heterocycles. The van der Waals surface area contributed by atoms with Crippen LogP contribution in [0.4, 0.5) is 0 Å². The zero-order valence-corrected chi connectivity index (χ0v) is 14.4. The van der Waals surface area contributed by atoms with Gasteiger partial charge in [0.05, 0.1) is 0 Å². The van der Waals surface area contributed by atoms with Gasteiger partial charge in [0.2, 0.25) is 0 Å². The molecular formula is C18H33N3O. The van der Waals surface area contributed by atoms with Gasteiger partial charge in [-0.05, 0) is 69.1 Å².